The molecule has 1 heterocycles. The van der Waals surface area contributed by atoms with E-state index in [2.05, 4.69) is 5.32 Å². The number of benzene rings is 2. The van der Waals surface area contributed by atoms with E-state index < -0.39 is 12.1 Å². The Morgan fingerprint density at radius 1 is 1.00 bits per heavy atom. The molecule has 5 heteroatoms. The molecule has 0 saturated carbocycles. The van der Waals surface area contributed by atoms with Crippen molar-refractivity contribution in [2.45, 2.75) is 33.8 Å². The lowest BCUT2D eigenvalue weighted by Gasteiger charge is -2.17. The Morgan fingerprint density at radius 2 is 1.64 bits per heavy atom. The lowest BCUT2D eigenvalue weighted by molar-refractivity contribution is -0.123. The maximum absolute atomic E-state index is 12.7. The lowest BCUT2D eigenvalue weighted by Crippen LogP contribution is -2.30. The molecule has 0 radical (unpaired) electrons. The fourth-order valence-electron chi connectivity index (χ4n) is 3.18. The van der Waals surface area contributed by atoms with Gasteiger partial charge in [0.2, 0.25) is 0 Å². The topological polar surface area (TPSA) is 55.4 Å². The molecule has 0 aliphatic rings. The van der Waals surface area contributed by atoms with Crippen molar-refractivity contribution in [2.24, 2.45) is 0 Å². The van der Waals surface area contributed by atoms with Gasteiger partial charge in [-0.05, 0) is 55.8 Å². The van der Waals surface area contributed by atoms with Gasteiger partial charge in [0.15, 0.2) is 6.10 Å². The van der Waals surface area contributed by atoms with Crippen molar-refractivity contribution in [2.75, 3.05) is 5.32 Å². The second-order valence-electron chi connectivity index (χ2n) is 6.84. The summed E-state index contributed by atoms with van der Waals surface area (Å²) in [5, 5.41) is 4.74. The highest BCUT2D eigenvalue weighted by molar-refractivity contribution is 7.12. The summed E-state index contributed by atoms with van der Waals surface area (Å²) in [5.41, 5.74) is 5.62. The summed E-state index contributed by atoms with van der Waals surface area (Å²) in [4.78, 5) is 25.7. The quantitative estimate of drug-likeness (QED) is 0.580. The molecule has 144 valence electrons. The van der Waals surface area contributed by atoms with Gasteiger partial charge >= 0.3 is 5.97 Å². The number of aryl methyl sites for hydroxylation is 3. The lowest BCUT2D eigenvalue weighted by atomic mass is 10.0. The molecule has 0 fully saturated rings. The van der Waals surface area contributed by atoms with E-state index in [1.807, 2.05) is 74.7 Å². The molecular weight excluding hydrogens is 370 g/mol. The molecule has 1 aromatic heterocycles. The van der Waals surface area contributed by atoms with Gasteiger partial charge in [0.25, 0.3) is 5.91 Å². The third kappa shape index (κ3) is 4.31. The number of amides is 1. The van der Waals surface area contributed by atoms with E-state index in [0.717, 1.165) is 33.5 Å². The fraction of sp³-hybridized carbons (Fsp3) is 0.217. The van der Waals surface area contributed by atoms with Crippen LogP contribution in [0.2, 0.25) is 0 Å². The number of ether oxygens (including phenoxy) is 1. The van der Waals surface area contributed by atoms with Crippen molar-refractivity contribution in [1.82, 2.24) is 0 Å². The third-order valence-corrected chi connectivity index (χ3v) is 5.41. The second kappa shape index (κ2) is 8.40. The van der Waals surface area contributed by atoms with Crippen molar-refractivity contribution in [3.63, 3.8) is 0 Å². The first-order valence-corrected chi connectivity index (χ1v) is 9.97. The van der Waals surface area contributed by atoms with Crippen molar-refractivity contribution in [3.8, 4) is 11.1 Å². The van der Waals surface area contributed by atoms with Crippen LogP contribution >= 0.6 is 11.3 Å². The SMILES string of the molecule is Cc1cc(C)c(NC(=O)C(C)OC(=O)c2sccc2-c2ccccc2)c(C)c1. The summed E-state index contributed by atoms with van der Waals surface area (Å²) < 4.78 is 5.45. The van der Waals surface area contributed by atoms with Crippen LogP contribution in [0.1, 0.15) is 33.3 Å². The molecule has 3 rings (SSSR count). The number of rotatable bonds is 5. The molecule has 28 heavy (non-hydrogen) atoms. The normalized spacial score (nSPS) is 11.7. The molecule has 0 aliphatic heterocycles. The van der Waals surface area contributed by atoms with Gasteiger partial charge in [-0.25, -0.2) is 4.79 Å². The Labute approximate surface area is 169 Å². The van der Waals surface area contributed by atoms with Crippen LogP contribution in [-0.4, -0.2) is 18.0 Å². The number of carbonyl (C=O) groups is 2. The van der Waals surface area contributed by atoms with Crippen LogP contribution in [0.15, 0.2) is 53.9 Å². The average molecular weight is 394 g/mol. The molecular formula is C23H23NO3S. The minimum atomic E-state index is -0.904. The molecule has 1 unspecified atom stereocenters. The van der Waals surface area contributed by atoms with Crippen molar-refractivity contribution >= 4 is 28.9 Å². The number of hydrogen-bond donors (Lipinski definition) is 1. The molecule has 2 aromatic carbocycles. The highest BCUT2D eigenvalue weighted by Crippen LogP contribution is 2.29. The largest absolute Gasteiger partial charge is 0.448 e. The Hall–Kier alpha value is -2.92. The number of nitrogens with one attached hydrogen (secondary N) is 1. The van der Waals surface area contributed by atoms with Crippen LogP contribution in [0.3, 0.4) is 0 Å². The van der Waals surface area contributed by atoms with Crippen LogP contribution in [0.5, 0.6) is 0 Å². The van der Waals surface area contributed by atoms with Crippen LogP contribution < -0.4 is 5.32 Å². The summed E-state index contributed by atoms with van der Waals surface area (Å²) in [6, 6.07) is 15.6. The predicted octanol–water partition coefficient (Wildman–Crippen LogP) is 5.52. The zero-order chi connectivity index (χ0) is 20.3. The van der Waals surface area contributed by atoms with E-state index in [9.17, 15) is 9.59 Å². The summed E-state index contributed by atoms with van der Waals surface area (Å²) in [6.45, 7) is 7.50. The predicted molar refractivity (Wildman–Crippen MR) is 114 cm³/mol. The third-order valence-electron chi connectivity index (χ3n) is 4.51. The Morgan fingerprint density at radius 3 is 2.29 bits per heavy atom. The highest BCUT2D eigenvalue weighted by atomic mass is 32.1. The molecule has 1 amide bonds. The summed E-state index contributed by atoms with van der Waals surface area (Å²) in [5.74, 6) is -0.838. The van der Waals surface area contributed by atoms with E-state index in [1.165, 1.54) is 11.3 Å². The molecule has 1 N–H and O–H groups in total. The maximum atomic E-state index is 12.7. The van der Waals surface area contributed by atoms with Gasteiger partial charge in [0, 0.05) is 11.3 Å². The van der Waals surface area contributed by atoms with Crippen LogP contribution in [-0.2, 0) is 9.53 Å². The first-order valence-electron chi connectivity index (χ1n) is 9.09. The Kier molecular flexibility index (Phi) is 5.95. The van der Waals surface area contributed by atoms with Crippen LogP contribution in [0.4, 0.5) is 5.69 Å². The molecule has 3 aromatic rings. The zero-order valence-electron chi connectivity index (χ0n) is 16.4. The number of carbonyl (C=O) groups excluding carboxylic acids is 2. The van der Waals surface area contributed by atoms with Crippen molar-refractivity contribution < 1.29 is 14.3 Å². The minimum absolute atomic E-state index is 0.346. The van der Waals surface area contributed by atoms with Crippen molar-refractivity contribution in [3.05, 3.63) is 75.5 Å². The smallest absolute Gasteiger partial charge is 0.349 e. The van der Waals surface area contributed by atoms with E-state index in [0.29, 0.717) is 4.88 Å². The van der Waals surface area contributed by atoms with E-state index in [-0.39, 0.29) is 5.91 Å². The number of anilines is 1. The van der Waals surface area contributed by atoms with Crippen molar-refractivity contribution in [1.29, 1.82) is 0 Å². The Bertz CT molecular complexity index is 985. The molecule has 0 spiro atoms. The number of hydrogen-bond acceptors (Lipinski definition) is 4. The highest BCUT2D eigenvalue weighted by Gasteiger charge is 2.23. The van der Waals surface area contributed by atoms with Gasteiger partial charge < -0.3 is 10.1 Å². The molecule has 4 nitrogen and oxygen atoms in total. The maximum Gasteiger partial charge on any atom is 0.349 e. The monoisotopic (exact) mass is 393 g/mol. The summed E-state index contributed by atoms with van der Waals surface area (Å²) >= 11 is 1.31. The van der Waals surface area contributed by atoms with E-state index >= 15 is 0 Å². The minimum Gasteiger partial charge on any atom is -0.448 e. The standard InChI is InChI=1S/C23H23NO3S/c1-14-12-15(2)20(16(3)13-14)24-22(25)17(4)27-23(26)21-19(10-11-28-21)18-8-6-5-7-9-18/h5-13,17H,1-4H3,(H,24,25). The zero-order valence-corrected chi connectivity index (χ0v) is 17.2. The van der Waals surface area contributed by atoms with Gasteiger partial charge in [0.05, 0.1) is 0 Å². The average Bonchev–Trinajstić information content (AvgIpc) is 3.15. The molecule has 0 bridgehead atoms. The number of esters is 1. The first kappa shape index (κ1) is 19.8. The summed E-state index contributed by atoms with van der Waals surface area (Å²) in [6.07, 6.45) is -0.904. The van der Waals surface area contributed by atoms with Gasteiger partial charge in [-0.2, -0.15) is 0 Å². The summed E-state index contributed by atoms with van der Waals surface area (Å²) in [7, 11) is 0. The first-order chi connectivity index (χ1) is 13.4. The fourth-order valence-corrected chi connectivity index (χ4v) is 3.98. The van der Waals surface area contributed by atoms with Crippen LogP contribution in [0, 0.1) is 20.8 Å². The van der Waals surface area contributed by atoms with Gasteiger partial charge in [-0.15, -0.1) is 11.3 Å². The van der Waals surface area contributed by atoms with E-state index in [1.54, 1.807) is 6.92 Å². The van der Waals surface area contributed by atoms with Gasteiger partial charge in [0.1, 0.15) is 4.88 Å². The van der Waals surface area contributed by atoms with Crippen LogP contribution in [0.25, 0.3) is 11.1 Å². The number of thiophene rings is 1. The second-order valence-corrected chi connectivity index (χ2v) is 7.76. The van der Waals surface area contributed by atoms with E-state index in [4.69, 9.17) is 4.74 Å². The molecule has 1 atom stereocenters. The van der Waals surface area contributed by atoms with Gasteiger partial charge in [-0.1, -0.05) is 48.0 Å². The molecule has 0 aliphatic carbocycles. The van der Waals surface area contributed by atoms with Gasteiger partial charge in [-0.3, -0.25) is 4.79 Å². The molecule has 0 saturated heterocycles. The Balaban J connectivity index is 1.72.